The van der Waals surface area contributed by atoms with Crippen LogP contribution in [0, 0.1) is 11.3 Å². The van der Waals surface area contributed by atoms with Crippen molar-refractivity contribution < 1.29 is 0 Å². The molecule has 0 fully saturated rings. The van der Waals surface area contributed by atoms with Crippen LogP contribution in [0.1, 0.15) is 11.1 Å². The molecule has 1 heterocycles. The Labute approximate surface area is 105 Å². The third-order valence-electron chi connectivity index (χ3n) is 1.96. The Morgan fingerprint density at radius 3 is 2.53 bits per heavy atom. The Morgan fingerprint density at radius 1 is 1.40 bits per heavy atom. The number of nitriles is 1. The first kappa shape index (κ1) is 10.9. The molecule has 1 aromatic carbocycles. The van der Waals surface area contributed by atoms with E-state index in [0.29, 0.717) is 5.56 Å². The number of nitrogens with one attached hydrogen (secondary N) is 1. The lowest BCUT2D eigenvalue weighted by Gasteiger charge is -2.05. The van der Waals surface area contributed by atoms with Crippen LogP contribution in [0.2, 0.25) is 0 Å². The van der Waals surface area contributed by atoms with Gasteiger partial charge in [0.25, 0.3) is 0 Å². The summed E-state index contributed by atoms with van der Waals surface area (Å²) in [5.41, 5.74) is 2.66. The second-order valence-electron chi connectivity index (χ2n) is 2.92. The molecule has 0 saturated heterocycles. The molecule has 76 valence electrons. The maximum absolute atomic E-state index is 8.68. The molecule has 15 heavy (non-hydrogen) atoms. The van der Waals surface area contributed by atoms with Gasteiger partial charge < -0.3 is 5.32 Å². The van der Waals surface area contributed by atoms with Gasteiger partial charge in [0.05, 0.1) is 21.1 Å². The monoisotopic (exact) mass is 300 g/mol. The van der Waals surface area contributed by atoms with Crippen molar-refractivity contribution in [3.63, 3.8) is 0 Å². The minimum absolute atomic E-state index is 0.134. The van der Waals surface area contributed by atoms with Crippen molar-refractivity contribution in [1.29, 1.82) is 5.26 Å². The number of hydrogen-bond donors (Lipinski definition) is 1. The summed E-state index contributed by atoms with van der Waals surface area (Å²) in [6, 6.07) is 9.46. The van der Waals surface area contributed by atoms with Crippen LogP contribution in [0.15, 0.2) is 28.1 Å². The molecule has 0 radical (unpaired) electrons. The summed E-state index contributed by atoms with van der Waals surface area (Å²) in [5, 5.41) is 11.8. The van der Waals surface area contributed by atoms with E-state index in [-0.39, 0.29) is 4.83 Å². The highest BCUT2D eigenvalue weighted by atomic mass is 79.9. The Hall–Kier alpha value is -0.630. The van der Waals surface area contributed by atoms with E-state index in [2.05, 4.69) is 27.3 Å². The highest BCUT2D eigenvalue weighted by molar-refractivity contribution is 9.14. The summed E-state index contributed by atoms with van der Waals surface area (Å²) in [6.45, 7) is 0. The van der Waals surface area contributed by atoms with Crippen LogP contribution in [0.5, 0.6) is 0 Å². The number of halogens is 2. The minimum atomic E-state index is -0.134. The van der Waals surface area contributed by atoms with Gasteiger partial charge in [0, 0.05) is 0 Å². The number of alkyl halides is 1. The van der Waals surface area contributed by atoms with E-state index in [1.165, 1.54) is 11.8 Å². The zero-order valence-electron chi connectivity index (χ0n) is 7.50. The predicted octanol–water partition coefficient (Wildman–Crippen LogP) is 3.44. The average molecular weight is 302 g/mol. The van der Waals surface area contributed by atoms with Crippen LogP contribution in [0.3, 0.4) is 0 Å². The third-order valence-corrected chi connectivity index (χ3v) is 4.03. The lowest BCUT2D eigenvalue weighted by atomic mass is 10.1. The van der Waals surface area contributed by atoms with Gasteiger partial charge in [-0.3, -0.25) is 0 Å². The Morgan fingerprint density at radius 2 is 2.07 bits per heavy atom. The van der Waals surface area contributed by atoms with Crippen molar-refractivity contribution in [2.75, 3.05) is 0 Å². The predicted molar refractivity (Wildman–Crippen MR) is 67.4 cm³/mol. The van der Waals surface area contributed by atoms with Crippen molar-refractivity contribution >= 4 is 45.0 Å². The normalized spacial score (nSPS) is 19.9. The maximum atomic E-state index is 8.68. The molecule has 1 atom stereocenters. The molecule has 0 spiro atoms. The molecule has 1 aliphatic rings. The van der Waals surface area contributed by atoms with Gasteiger partial charge in [0.15, 0.2) is 4.83 Å². The number of hydrogen-bond acceptors (Lipinski definition) is 3. The van der Waals surface area contributed by atoms with Gasteiger partial charge in [0.1, 0.15) is 0 Å². The summed E-state index contributed by atoms with van der Waals surface area (Å²) in [4.78, 5) is -0.134. The highest BCUT2D eigenvalue weighted by Gasteiger charge is 2.21. The van der Waals surface area contributed by atoms with E-state index in [1.807, 2.05) is 12.1 Å². The quantitative estimate of drug-likeness (QED) is 0.637. The molecule has 0 amide bonds. The van der Waals surface area contributed by atoms with E-state index in [4.69, 9.17) is 16.9 Å². The SMILES string of the molecule is N#Cc1ccc(C2=C(Br)SC(Cl)N2)cc1. The first-order chi connectivity index (χ1) is 7.20. The molecule has 2 rings (SSSR count). The van der Waals surface area contributed by atoms with Crippen molar-refractivity contribution in [2.45, 2.75) is 4.83 Å². The number of nitrogens with zero attached hydrogens (tertiary/aromatic N) is 1. The fourth-order valence-electron chi connectivity index (χ4n) is 1.26. The number of rotatable bonds is 1. The molecule has 2 nitrogen and oxygen atoms in total. The molecular formula is C10H6BrClN2S. The second-order valence-corrected chi connectivity index (χ2v) is 6.04. The summed E-state index contributed by atoms with van der Waals surface area (Å²) in [6.07, 6.45) is 0. The molecule has 1 unspecified atom stereocenters. The number of benzene rings is 1. The largest absolute Gasteiger partial charge is 0.359 e. The van der Waals surface area contributed by atoms with Crippen molar-refractivity contribution in [3.05, 3.63) is 39.2 Å². The smallest absolute Gasteiger partial charge is 0.153 e. The van der Waals surface area contributed by atoms with Gasteiger partial charge in [-0.05, 0) is 33.6 Å². The standard InChI is InChI=1S/C10H6BrClN2S/c11-9-8(14-10(12)15-9)7-3-1-6(5-13)2-4-7/h1-4,10,14H. The van der Waals surface area contributed by atoms with Crippen LogP contribution < -0.4 is 5.32 Å². The third kappa shape index (κ3) is 2.31. The first-order valence-electron chi connectivity index (χ1n) is 4.18. The van der Waals surface area contributed by atoms with Crippen LogP contribution in [0.25, 0.3) is 5.70 Å². The fourth-order valence-corrected chi connectivity index (χ4v) is 3.51. The molecule has 0 aliphatic carbocycles. The van der Waals surface area contributed by atoms with Gasteiger partial charge in [-0.2, -0.15) is 5.26 Å². The maximum Gasteiger partial charge on any atom is 0.153 e. The summed E-state index contributed by atoms with van der Waals surface area (Å²) >= 11 is 10.9. The van der Waals surface area contributed by atoms with E-state index in [1.54, 1.807) is 12.1 Å². The molecule has 0 aromatic heterocycles. The fraction of sp³-hybridized carbons (Fsp3) is 0.100. The molecule has 0 saturated carbocycles. The Kier molecular flexibility index (Phi) is 3.25. The van der Waals surface area contributed by atoms with Crippen LogP contribution >= 0.6 is 39.3 Å². The van der Waals surface area contributed by atoms with Crippen molar-refractivity contribution in [2.24, 2.45) is 0 Å². The van der Waals surface area contributed by atoms with Crippen LogP contribution in [0.4, 0.5) is 0 Å². The van der Waals surface area contributed by atoms with Crippen LogP contribution in [-0.2, 0) is 0 Å². The molecule has 1 aliphatic heterocycles. The van der Waals surface area contributed by atoms with Gasteiger partial charge >= 0.3 is 0 Å². The summed E-state index contributed by atoms with van der Waals surface area (Å²) in [7, 11) is 0. The molecule has 0 bridgehead atoms. The molecule has 1 aromatic rings. The van der Waals surface area contributed by atoms with E-state index >= 15 is 0 Å². The van der Waals surface area contributed by atoms with Gasteiger partial charge in [-0.15, -0.1) is 0 Å². The summed E-state index contributed by atoms with van der Waals surface area (Å²) < 4.78 is 0.993. The van der Waals surface area contributed by atoms with E-state index < -0.39 is 0 Å². The van der Waals surface area contributed by atoms with Crippen molar-refractivity contribution in [1.82, 2.24) is 5.32 Å². The zero-order valence-corrected chi connectivity index (χ0v) is 10.7. The lowest BCUT2D eigenvalue weighted by molar-refractivity contribution is 1.04. The Bertz CT molecular complexity index is 449. The van der Waals surface area contributed by atoms with Crippen molar-refractivity contribution in [3.8, 4) is 6.07 Å². The first-order valence-corrected chi connectivity index (χ1v) is 6.29. The van der Waals surface area contributed by atoms with E-state index in [9.17, 15) is 0 Å². The Balaban J connectivity index is 2.31. The van der Waals surface area contributed by atoms with E-state index in [0.717, 1.165) is 15.1 Å². The van der Waals surface area contributed by atoms with Gasteiger partial charge in [-0.1, -0.05) is 35.5 Å². The molecular weight excluding hydrogens is 296 g/mol. The lowest BCUT2D eigenvalue weighted by Crippen LogP contribution is -2.12. The second kappa shape index (κ2) is 4.48. The zero-order chi connectivity index (χ0) is 10.8. The summed E-state index contributed by atoms with van der Waals surface area (Å²) in [5.74, 6) is 0. The number of thioether (sulfide) groups is 1. The van der Waals surface area contributed by atoms with Gasteiger partial charge in [0.2, 0.25) is 0 Å². The average Bonchev–Trinajstić information content (AvgIpc) is 2.58. The highest BCUT2D eigenvalue weighted by Crippen LogP contribution is 2.40. The van der Waals surface area contributed by atoms with Crippen LogP contribution in [-0.4, -0.2) is 4.83 Å². The van der Waals surface area contributed by atoms with Gasteiger partial charge in [-0.25, -0.2) is 0 Å². The molecule has 5 heteroatoms. The minimum Gasteiger partial charge on any atom is -0.359 e. The molecule has 1 N–H and O–H groups in total. The topological polar surface area (TPSA) is 35.8 Å².